The number of halogens is 1. The number of carbonyl (C=O) groups is 1. The molecule has 1 aromatic carbocycles. The van der Waals surface area contributed by atoms with Crippen LogP contribution in [-0.2, 0) is 4.74 Å². The summed E-state index contributed by atoms with van der Waals surface area (Å²) >= 11 is 1.66. The lowest BCUT2D eigenvalue weighted by Gasteiger charge is -2.43. The maximum atomic E-state index is 12.5. The summed E-state index contributed by atoms with van der Waals surface area (Å²) in [5, 5.41) is 7.14. The SMILES string of the molecule is Cc1ccc(NC(=O)OC2C[C@H]3CC[C@@H](C2)[N+]3(C)C)c(-c2ccsc2)c1.[Br-]. The molecule has 2 fully saturated rings. The van der Waals surface area contributed by atoms with Gasteiger partial charge in [-0.25, -0.2) is 4.79 Å². The highest BCUT2D eigenvalue weighted by molar-refractivity contribution is 7.08. The van der Waals surface area contributed by atoms with Crippen molar-refractivity contribution in [3.63, 3.8) is 0 Å². The van der Waals surface area contributed by atoms with Crippen molar-refractivity contribution in [2.24, 2.45) is 0 Å². The number of hydrogen-bond acceptors (Lipinski definition) is 3. The number of benzene rings is 1. The molecule has 0 spiro atoms. The minimum Gasteiger partial charge on any atom is -1.00 e. The third-order valence-electron chi connectivity index (χ3n) is 6.30. The van der Waals surface area contributed by atoms with Gasteiger partial charge in [-0.1, -0.05) is 11.6 Å². The van der Waals surface area contributed by atoms with Crippen molar-refractivity contribution in [3.8, 4) is 11.1 Å². The summed E-state index contributed by atoms with van der Waals surface area (Å²) in [6.45, 7) is 2.07. The Kier molecular flexibility index (Phi) is 5.99. The van der Waals surface area contributed by atoms with Crippen molar-refractivity contribution in [3.05, 3.63) is 40.6 Å². The van der Waals surface area contributed by atoms with E-state index in [4.69, 9.17) is 4.74 Å². The van der Waals surface area contributed by atoms with Crippen LogP contribution in [0, 0.1) is 6.92 Å². The zero-order chi connectivity index (χ0) is 18.3. The van der Waals surface area contributed by atoms with Crippen molar-refractivity contribution in [2.45, 2.75) is 50.8 Å². The standard InChI is InChI=1S/C21H26N2O2S.BrH/c1-14-4-7-20(19(10-14)15-8-9-26-13-15)22-21(24)25-18-11-16-5-6-17(12-18)23(16,2)3;/h4,7-10,13,16-18H,5-6,11-12H2,1-3H3;1H/t16-,17+,18?;. The Hall–Kier alpha value is -1.37. The zero-order valence-corrected chi connectivity index (χ0v) is 18.5. The lowest BCUT2D eigenvalue weighted by molar-refractivity contribution is -0.931. The molecule has 0 radical (unpaired) electrons. The van der Waals surface area contributed by atoms with E-state index in [0.29, 0.717) is 12.1 Å². The number of rotatable bonds is 3. The van der Waals surface area contributed by atoms with Crippen molar-refractivity contribution in [2.75, 3.05) is 19.4 Å². The van der Waals surface area contributed by atoms with Gasteiger partial charge < -0.3 is 26.2 Å². The average molecular weight is 451 g/mol. The average Bonchev–Trinajstić information content (AvgIpc) is 3.13. The van der Waals surface area contributed by atoms with Gasteiger partial charge in [0.2, 0.25) is 0 Å². The first-order valence-electron chi connectivity index (χ1n) is 9.37. The topological polar surface area (TPSA) is 38.3 Å². The minimum absolute atomic E-state index is 0. The Balaban J connectivity index is 0.00000210. The van der Waals surface area contributed by atoms with Gasteiger partial charge in [-0.05, 0) is 41.4 Å². The van der Waals surface area contributed by atoms with Gasteiger partial charge in [0.1, 0.15) is 6.10 Å². The molecule has 3 heterocycles. The molecule has 1 N–H and O–H groups in total. The van der Waals surface area contributed by atoms with Gasteiger partial charge >= 0.3 is 6.09 Å². The molecule has 2 aromatic rings. The molecule has 4 rings (SSSR count). The molecular formula is C21H27BrN2O2S. The monoisotopic (exact) mass is 450 g/mol. The van der Waals surface area contributed by atoms with E-state index in [9.17, 15) is 4.79 Å². The Morgan fingerprint density at radius 2 is 1.89 bits per heavy atom. The fourth-order valence-electron chi connectivity index (χ4n) is 4.64. The molecule has 6 heteroatoms. The van der Waals surface area contributed by atoms with Crippen LogP contribution in [0.1, 0.15) is 31.2 Å². The Morgan fingerprint density at radius 1 is 1.19 bits per heavy atom. The summed E-state index contributed by atoms with van der Waals surface area (Å²) in [5.74, 6) is 0. The first-order valence-corrected chi connectivity index (χ1v) is 10.3. The van der Waals surface area contributed by atoms with E-state index in [1.54, 1.807) is 11.3 Å². The minimum atomic E-state index is -0.332. The highest BCUT2D eigenvalue weighted by atomic mass is 79.9. The Bertz CT molecular complexity index is 791. The highest BCUT2D eigenvalue weighted by Gasteiger charge is 2.49. The second kappa shape index (κ2) is 7.94. The predicted molar refractivity (Wildman–Crippen MR) is 107 cm³/mol. The quantitative estimate of drug-likeness (QED) is 0.726. The summed E-state index contributed by atoms with van der Waals surface area (Å²) in [6.07, 6.45) is 4.15. The van der Waals surface area contributed by atoms with Crippen LogP contribution in [0.5, 0.6) is 0 Å². The number of hydrogen-bond donors (Lipinski definition) is 1. The number of nitrogens with zero attached hydrogens (tertiary/aromatic N) is 1. The lowest BCUT2D eigenvalue weighted by atomic mass is 9.98. The third-order valence-corrected chi connectivity index (χ3v) is 6.99. The summed E-state index contributed by atoms with van der Waals surface area (Å²) in [5.41, 5.74) is 4.16. The molecule has 1 unspecified atom stereocenters. The van der Waals surface area contributed by atoms with Gasteiger partial charge in [-0.2, -0.15) is 11.3 Å². The van der Waals surface area contributed by atoms with E-state index in [0.717, 1.165) is 34.1 Å². The number of amides is 1. The maximum absolute atomic E-state index is 12.5. The van der Waals surface area contributed by atoms with E-state index < -0.39 is 0 Å². The maximum Gasteiger partial charge on any atom is 0.411 e. The molecule has 27 heavy (non-hydrogen) atoms. The zero-order valence-electron chi connectivity index (χ0n) is 16.1. The van der Waals surface area contributed by atoms with Gasteiger partial charge in [0, 0.05) is 31.2 Å². The van der Waals surface area contributed by atoms with Crippen LogP contribution >= 0.6 is 11.3 Å². The smallest absolute Gasteiger partial charge is 0.411 e. The molecule has 1 aromatic heterocycles. The van der Waals surface area contributed by atoms with Crippen LogP contribution < -0.4 is 22.3 Å². The highest BCUT2D eigenvalue weighted by Crippen LogP contribution is 2.40. The van der Waals surface area contributed by atoms with Crippen LogP contribution in [-0.4, -0.2) is 42.9 Å². The molecule has 2 aliphatic heterocycles. The fourth-order valence-corrected chi connectivity index (χ4v) is 5.30. The van der Waals surface area contributed by atoms with Crippen molar-refractivity contribution in [1.29, 1.82) is 0 Å². The molecule has 2 aliphatic rings. The summed E-state index contributed by atoms with van der Waals surface area (Å²) < 4.78 is 6.90. The van der Waals surface area contributed by atoms with E-state index in [2.05, 4.69) is 49.2 Å². The summed E-state index contributed by atoms with van der Waals surface area (Å²) in [7, 11) is 4.64. The number of nitrogens with one attached hydrogen (secondary N) is 1. The predicted octanol–water partition coefficient (Wildman–Crippen LogP) is 2.05. The number of anilines is 1. The van der Waals surface area contributed by atoms with Gasteiger partial charge in [0.05, 0.1) is 31.9 Å². The molecule has 2 saturated heterocycles. The number of fused-ring (bicyclic) bond motifs is 2. The van der Waals surface area contributed by atoms with E-state index in [-0.39, 0.29) is 29.2 Å². The molecule has 0 saturated carbocycles. The van der Waals surface area contributed by atoms with E-state index in [1.165, 1.54) is 18.4 Å². The lowest BCUT2D eigenvalue weighted by Crippen LogP contribution is -3.00. The molecule has 4 nitrogen and oxygen atoms in total. The number of aryl methyl sites for hydroxylation is 1. The molecule has 0 aliphatic carbocycles. The van der Waals surface area contributed by atoms with Crippen LogP contribution in [0.3, 0.4) is 0 Å². The number of ether oxygens (including phenoxy) is 1. The number of piperidine rings is 1. The fraction of sp³-hybridized carbons (Fsp3) is 0.476. The molecular weight excluding hydrogens is 424 g/mol. The number of carbonyl (C=O) groups excluding carboxylic acids is 1. The van der Waals surface area contributed by atoms with Gasteiger partial charge in [0.15, 0.2) is 0 Å². The third kappa shape index (κ3) is 4.08. The Morgan fingerprint density at radius 3 is 2.52 bits per heavy atom. The Labute approximate surface area is 175 Å². The van der Waals surface area contributed by atoms with Crippen LogP contribution in [0.15, 0.2) is 35.0 Å². The molecule has 3 atom stereocenters. The second-order valence-corrected chi connectivity index (χ2v) is 8.98. The first kappa shape index (κ1) is 20.4. The first-order chi connectivity index (χ1) is 12.4. The number of quaternary nitrogens is 1. The van der Waals surface area contributed by atoms with E-state index >= 15 is 0 Å². The normalized spacial score (nSPS) is 25.5. The largest absolute Gasteiger partial charge is 1.00 e. The molecule has 146 valence electrons. The molecule has 2 bridgehead atoms. The van der Waals surface area contributed by atoms with Crippen LogP contribution in [0.25, 0.3) is 11.1 Å². The van der Waals surface area contributed by atoms with E-state index in [1.807, 2.05) is 12.1 Å². The summed E-state index contributed by atoms with van der Waals surface area (Å²) in [6, 6.07) is 9.41. The van der Waals surface area contributed by atoms with Crippen molar-refractivity contribution >= 4 is 23.1 Å². The van der Waals surface area contributed by atoms with Gasteiger partial charge in [-0.15, -0.1) is 0 Å². The summed E-state index contributed by atoms with van der Waals surface area (Å²) in [4.78, 5) is 12.5. The number of thiophene rings is 1. The van der Waals surface area contributed by atoms with Crippen LogP contribution in [0.2, 0.25) is 0 Å². The van der Waals surface area contributed by atoms with Crippen molar-refractivity contribution < 1.29 is 31.0 Å². The van der Waals surface area contributed by atoms with Crippen LogP contribution in [0.4, 0.5) is 10.5 Å². The molecule has 1 amide bonds. The van der Waals surface area contributed by atoms with Gasteiger partial charge in [0.25, 0.3) is 0 Å². The van der Waals surface area contributed by atoms with Gasteiger partial charge in [-0.3, -0.25) is 5.32 Å². The second-order valence-electron chi connectivity index (χ2n) is 8.20. The van der Waals surface area contributed by atoms with Crippen molar-refractivity contribution in [1.82, 2.24) is 0 Å².